The number of aromatic nitrogens is 4. The van der Waals surface area contributed by atoms with E-state index in [4.69, 9.17) is 4.98 Å². The number of fused-ring (bicyclic) bond motifs is 2. The summed E-state index contributed by atoms with van der Waals surface area (Å²) in [4.78, 5) is 28.1. The lowest BCUT2D eigenvalue weighted by molar-refractivity contribution is 0.238. The van der Waals surface area contributed by atoms with Gasteiger partial charge in [-0.15, -0.1) is 0 Å². The van der Waals surface area contributed by atoms with E-state index in [1.807, 2.05) is 32.2 Å². The summed E-state index contributed by atoms with van der Waals surface area (Å²) in [5.41, 5.74) is 4.82. The topological polar surface area (TPSA) is 63.4 Å². The van der Waals surface area contributed by atoms with Gasteiger partial charge in [0.1, 0.15) is 11.5 Å². The Hall–Kier alpha value is -2.60. The molecule has 0 amide bonds. The van der Waals surface area contributed by atoms with Crippen molar-refractivity contribution in [1.29, 1.82) is 0 Å². The van der Waals surface area contributed by atoms with Crippen molar-refractivity contribution in [3.8, 4) is 0 Å². The van der Waals surface area contributed by atoms with Crippen LogP contribution >= 0.6 is 0 Å². The lowest BCUT2D eigenvalue weighted by Gasteiger charge is -2.27. The second-order valence-corrected chi connectivity index (χ2v) is 6.32. The Labute approximate surface area is 139 Å². The van der Waals surface area contributed by atoms with Crippen molar-refractivity contribution in [3.05, 3.63) is 69.3 Å². The highest BCUT2D eigenvalue weighted by Gasteiger charge is 2.19. The normalized spacial score (nSPS) is 14.8. The van der Waals surface area contributed by atoms with Crippen LogP contribution in [0.4, 0.5) is 0 Å². The first kappa shape index (κ1) is 15.0. The Balaban J connectivity index is 1.63. The Morgan fingerprint density at radius 2 is 2.12 bits per heavy atom. The lowest BCUT2D eigenvalue weighted by Crippen LogP contribution is -2.32. The van der Waals surface area contributed by atoms with Gasteiger partial charge in [0, 0.05) is 38.1 Å². The molecular formula is C18H19N5O. The number of rotatable bonds is 2. The fourth-order valence-corrected chi connectivity index (χ4v) is 3.21. The third-order valence-corrected chi connectivity index (χ3v) is 4.47. The zero-order valence-corrected chi connectivity index (χ0v) is 13.9. The second-order valence-electron chi connectivity index (χ2n) is 6.32. The largest absolute Gasteiger partial charge is 0.291 e. The van der Waals surface area contributed by atoms with Gasteiger partial charge < -0.3 is 0 Å². The maximum Gasteiger partial charge on any atom is 0.258 e. The van der Waals surface area contributed by atoms with Crippen molar-refractivity contribution < 1.29 is 0 Å². The molecule has 0 saturated heterocycles. The van der Waals surface area contributed by atoms with Gasteiger partial charge in [0.05, 0.1) is 11.4 Å². The van der Waals surface area contributed by atoms with Crippen molar-refractivity contribution in [2.75, 3.05) is 6.54 Å². The molecule has 24 heavy (non-hydrogen) atoms. The minimum atomic E-state index is -0.0331. The first-order valence-electron chi connectivity index (χ1n) is 8.12. The molecule has 4 heterocycles. The number of hydrogen-bond donors (Lipinski definition) is 0. The molecule has 0 N–H and O–H groups in total. The third kappa shape index (κ3) is 2.69. The van der Waals surface area contributed by atoms with Gasteiger partial charge in [0.2, 0.25) is 0 Å². The van der Waals surface area contributed by atoms with Gasteiger partial charge in [-0.3, -0.25) is 14.1 Å². The summed E-state index contributed by atoms with van der Waals surface area (Å²) in [7, 11) is 0. The zero-order chi connectivity index (χ0) is 16.7. The standard InChI is InChI=1S/C18H19N5O/c1-12-4-3-6-23-17(24)8-15(21-18(12)23)10-22-7-5-14-9-19-13(2)20-16(14)11-22/h3-4,6,8-9H,5,7,10-11H2,1-2H3. The van der Waals surface area contributed by atoms with Gasteiger partial charge >= 0.3 is 0 Å². The van der Waals surface area contributed by atoms with Gasteiger partial charge in [-0.25, -0.2) is 15.0 Å². The monoisotopic (exact) mass is 321 g/mol. The maximum absolute atomic E-state index is 12.3. The van der Waals surface area contributed by atoms with Crippen molar-refractivity contribution in [2.24, 2.45) is 0 Å². The molecule has 6 heteroatoms. The average Bonchev–Trinajstić information content (AvgIpc) is 2.55. The van der Waals surface area contributed by atoms with Crippen LogP contribution in [0.25, 0.3) is 5.65 Å². The summed E-state index contributed by atoms with van der Waals surface area (Å²) in [6.07, 6.45) is 4.62. The van der Waals surface area contributed by atoms with E-state index in [1.54, 1.807) is 16.7 Å². The van der Waals surface area contributed by atoms with Crippen LogP contribution in [0.5, 0.6) is 0 Å². The van der Waals surface area contributed by atoms with Gasteiger partial charge in [0.25, 0.3) is 5.56 Å². The summed E-state index contributed by atoms with van der Waals surface area (Å²) in [5, 5.41) is 0. The van der Waals surface area contributed by atoms with Gasteiger partial charge in [0.15, 0.2) is 0 Å². The van der Waals surface area contributed by atoms with Crippen LogP contribution < -0.4 is 5.56 Å². The third-order valence-electron chi connectivity index (χ3n) is 4.47. The predicted molar refractivity (Wildman–Crippen MR) is 90.8 cm³/mol. The molecule has 0 radical (unpaired) electrons. The SMILES string of the molecule is Cc1ncc2c(n1)CN(Cc1cc(=O)n3cccc(C)c3n1)CC2. The molecule has 1 aliphatic rings. The van der Waals surface area contributed by atoms with E-state index in [0.29, 0.717) is 6.54 Å². The zero-order valence-electron chi connectivity index (χ0n) is 13.9. The van der Waals surface area contributed by atoms with Crippen LogP contribution in [0.2, 0.25) is 0 Å². The molecule has 3 aromatic rings. The van der Waals surface area contributed by atoms with Crippen molar-refractivity contribution in [2.45, 2.75) is 33.4 Å². The summed E-state index contributed by atoms with van der Waals surface area (Å²) < 4.78 is 1.60. The summed E-state index contributed by atoms with van der Waals surface area (Å²) in [6.45, 7) is 6.24. The fraction of sp³-hybridized carbons (Fsp3) is 0.333. The minimum absolute atomic E-state index is 0.0331. The van der Waals surface area contributed by atoms with Crippen LogP contribution in [0, 0.1) is 13.8 Å². The van der Waals surface area contributed by atoms with Crippen molar-refractivity contribution >= 4 is 5.65 Å². The average molecular weight is 321 g/mol. The Kier molecular flexibility index (Phi) is 3.61. The van der Waals surface area contributed by atoms with E-state index in [0.717, 1.165) is 47.9 Å². The first-order valence-corrected chi connectivity index (χ1v) is 8.12. The van der Waals surface area contributed by atoms with Gasteiger partial charge in [-0.05, 0) is 37.5 Å². The van der Waals surface area contributed by atoms with Gasteiger partial charge in [-0.2, -0.15) is 0 Å². The van der Waals surface area contributed by atoms with Crippen LogP contribution in [0.3, 0.4) is 0 Å². The number of hydrogen-bond acceptors (Lipinski definition) is 5. The quantitative estimate of drug-likeness (QED) is 0.718. The number of aryl methyl sites for hydroxylation is 2. The molecule has 0 atom stereocenters. The number of pyridine rings is 1. The molecule has 0 bridgehead atoms. The van der Waals surface area contributed by atoms with Crippen molar-refractivity contribution in [3.63, 3.8) is 0 Å². The molecule has 0 aliphatic carbocycles. The smallest absolute Gasteiger partial charge is 0.258 e. The molecule has 122 valence electrons. The van der Waals surface area contributed by atoms with E-state index < -0.39 is 0 Å². The van der Waals surface area contributed by atoms with E-state index >= 15 is 0 Å². The molecule has 3 aromatic heterocycles. The second kappa shape index (κ2) is 5.79. The molecule has 1 aliphatic heterocycles. The number of nitrogens with zero attached hydrogens (tertiary/aromatic N) is 5. The van der Waals surface area contributed by atoms with Crippen molar-refractivity contribution in [1.82, 2.24) is 24.3 Å². The summed E-state index contributed by atoms with van der Waals surface area (Å²) in [5.74, 6) is 0.799. The summed E-state index contributed by atoms with van der Waals surface area (Å²) in [6, 6.07) is 5.48. The molecule has 0 fully saturated rings. The van der Waals surface area contributed by atoms with Crippen LogP contribution in [-0.4, -0.2) is 30.8 Å². The molecule has 0 saturated carbocycles. The predicted octanol–water partition coefficient (Wildman–Crippen LogP) is 1.66. The molecule has 6 nitrogen and oxygen atoms in total. The molecule has 4 rings (SSSR count). The lowest BCUT2D eigenvalue weighted by atomic mass is 10.1. The Bertz CT molecular complexity index is 979. The summed E-state index contributed by atoms with van der Waals surface area (Å²) >= 11 is 0. The minimum Gasteiger partial charge on any atom is -0.291 e. The fourth-order valence-electron chi connectivity index (χ4n) is 3.21. The van der Waals surface area contributed by atoms with E-state index in [-0.39, 0.29) is 5.56 Å². The van der Waals surface area contributed by atoms with Crippen LogP contribution in [-0.2, 0) is 19.5 Å². The highest BCUT2D eigenvalue weighted by atomic mass is 16.1. The molecule has 0 spiro atoms. The Morgan fingerprint density at radius 1 is 1.25 bits per heavy atom. The van der Waals surface area contributed by atoms with E-state index in [9.17, 15) is 4.79 Å². The first-order chi connectivity index (χ1) is 11.6. The molecule has 0 aromatic carbocycles. The Morgan fingerprint density at radius 3 is 3.00 bits per heavy atom. The highest BCUT2D eigenvalue weighted by Crippen LogP contribution is 2.18. The van der Waals surface area contributed by atoms with Crippen LogP contribution in [0.15, 0.2) is 35.4 Å². The maximum atomic E-state index is 12.3. The highest BCUT2D eigenvalue weighted by molar-refractivity contribution is 5.46. The molecule has 0 unspecified atom stereocenters. The van der Waals surface area contributed by atoms with Gasteiger partial charge in [-0.1, -0.05) is 6.07 Å². The van der Waals surface area contributed by atoms with Crippen LogP contribution in [0.1, 0.15) is 28.3 Å². The van der Waals surface area contributed by atoms with E-state index in [2.05, 4.69) is 14.9 Å². The molecular weight excluding hydrogens is 302 g/mol. The van der Waals surface area contributed by atoms with E-state index in [1.165, 1.54) is 5.56 Å².